The molecular formula is C23H34. The molecule has 0 aromatic heterocycles. The van der Waals surface area contributed by atoms with Gasteiger partial charge in [0.1, 0.15) is 0 Å². The molecule has 2 aliphatic rings. The van der Waals surface area contributed by atoms with Gasteiger partial charge in [-0.05, 0) is 86.2 Å². The van der Waals surface area contributed by atoms with Gasteiger partial charge in [-0.2, -0.15) is 0 Å². The van der Waals surface area contributed by atoms with Crippen molar-refractivity contribution in [1.82, 2.24) is 0 Å². The summed E-state index contributed by atoms with van der Waals surface area (Å²) in [4.78, 5) is 0. The zero-order valence-corrected chi connectivity index (χ0v) is 15.0. The Labute approximate surface area is 143 Å². The Hall–Kier alpha value is -1.04. The van der Waals surface area contributed by atoms with Crippen LogP contribution in [0, 0.1) is 17.8 Å². The summed E-state index contributed by atoms with van der Waals surface area (Å²) in [6.45, 7) is 6.15. The van der Waals surface area contributed by atoms with Gasteiger partial charge in [0.2, 0.25) is 0 Å². The van der Waals surface area contributed by atoms with Crippen LogP contribution < -0.4 is 0 Å². The molecule has 0 aliphatic heterocycles. The van der Waals surface area contributed by atoms with Crippen molar-refractivity contribution in [3.8, 4) is 0 Å². The van der Waals surface area contributed by atoms with Gasteiger partial charge in [-0.15, -0.1) is 6.58 Å². The lowest BCUT2D eigenvalue weighted by molar-refractivity contribution is 0.115. The van der Waals surface area contributed by atoms with Crippen LogP contribution in [0.25, 0.3) is 0 Å². The second kappa shape index (κ2) is 8.18. The topological polar surface area (TPSA) is 0 Å². The Morgan fingerprint density at radius 3 is 2.48 bits per heavy atom. The zero-order valence-electron chi connectivity index (χ0n) is 15.0. The minimum Gasteiger partial charge on any atom is -0.103 e. The average molecular weight is 311 g/mol. The van der Waals surface area contributed by atoms with E-state index in [1.807, 2.05) is 0 Å². The molecular weight excluding hydrogens is 276 g/mol. The van der Waals surface area contributed by atoms with E-state index < -0.39 is 0 Å². The van der Waals surface area contributed by atoms with E-state index in [4.69, 9.17) is 0 Å². The zero-order chi connectivity index (χ0) is 16.1. The highest BCUT2D eigenvalue weighted by molar-refractivity contribution is 5.26. The molecule has 4 unspecified atom stereocenters. The molecule has 126 valence electrons. The maximum Gasteiger partial charge on any atom is -0.0159 e. The molecule has 0 saturated heterocycles. The van der Waals surface area contributed by atoms with Crippen molar-refractivity contribution in [3.05, 3.63) is 48.0 Å². The third kappa shape index (κ3) is 4.28. The lowest BCUT2D eigenvalue weighted by Gasteiger charge is -2.42. The van der Waals surface area contributed by atoms with E-state index in [0.717, 1.165) is 23.7 Å². The van der Waals surface area contributed by atoms with Crippen LogP contribution in [0.1, 0.15) is 81.8 Å². The Morgan fingerprint density at radius 1 is 1.00 bits per heavy atom. The molecule has 0 heteroatoms. The number of benzene rings is 1. The lowest BCUT2D eigenvalue weighted by Crippen LogP contribution is -2.30. The SMILES string of the molecule is C=CCCC1CCC2CC(c3ccc(CCC)cc3)CCC2C1. The fourth-order valence-electron chi connectivity index (χ4n) is 5.15. The van der Waals surface area contributed by atoms with Crippen molar-refractivity contribution in [2.24, 2.45) is 17.8 Å². The van der Waals surface area contributed by atoms with Crippen LogP contribution in [0.3, 0.4) is 0 Å². The average Bonchev–Trinajstić information content (AvgIpc) is 2.60. The first kappa shape index (κ1) is 16.8. The van der Waals surface area contributed by atoms with Gasteiger partial charge < -0.3 is 0 Å². The van der Waals surface area contributed by atoms with Crippen LogP contribution in [0.15, 0.2) is 36.9 Å². The van der Waals surface area contributed by atoms with Gasteiger partial charge in [-0.3, -0.25) is 0 Å². The molecule has 2 aliphatic carbocycles. The van der Waals surface area contributed by atoms with Gasteiger partial charge in [0.25, 0.3) is 0 Å². The smallest absolute Gasteiger partial charge is 0.0159 e. The highest BCUT2D eigenvalue weighted by Crippen LogP contribution is 2.48. The summed E-state index contributed by atoms with van der Waals surface area (Å²) in [6.07, 6.45) is 16.0. The molecule has 0 N–H and O–H groups in total. The van der Waals surface area contributed by atoms with Crippen LogP contribution in [-0.2, 0) is 6.42 Å². The predicted molar refractivity (Wildman–Crippen MR) is 101 cm³/mol. The van der Waals surface area contributed by atoms with Crippen LogP contribution >= 0.6 is 0 Å². The largest absolute Gasteiger partial charge is 0.103 e. The van der Waals surface area contributed by atoms with Gasteiger partial charge >= 0.3 is 0 Å². The fraction of sp³-hybridized carbons (Fsp3) is 0.652. The first-order valence-corrected chi connectivity index (χ1v) is 9.99. The minimum absolute atomic E-state index is 0.830. The minimum atomic E-state index is 0.830. The molecule has 0 nitrogen and oxygen atoms in total. The van der Waals surface area contributed by atoms with Crippen molar-refractivity contribution < 1.29 is 0 Å². The summed E-state index contributed by atoms with van der Waals surface area (Å²) >= 11 is 0. The number of fused-ring (bicyclic) bond motifs is 1. The second-order valence-corrected chi connectivity index (χ2v) is 8.07. The van der Waals surface area contributed by atoms with Crippen molar-refractivity contribution in [1.29, 1.82) is 0 Å². The molecule has 2 saturated carbocycles. The molecule has 0 heterocycles. The Balaban J connectivity index is 1.55. The summed E-state index contributed by atoms with van der Waals surface area (Å²) in [6, 6.07) is 9.59. The van der Waals surface area contributed by atoms with Gasteiger partial charge in [0.05, 0.1) is 0 Å². The summed E-state index contributed by atoms with van der Waals surface area (Å²) in [5, 5.41) is 0. The number of aryl methyl sites for hydroxylation is 1. The third-order valence-corrected chi connectivity index (χ3v) is 6.49. The van der Waals surface area contributed by atoms with Crippen molar-refractivity contribution in [2.45, 2.75) is 77.0 Å². The Bertz CT molecular complexity index is 483. The number of hydrogen-bond acceptors (Lipinski definition) is 0. The molecule has 1 aromatic rings. The maximum atomic E-state index is 3.89. The summed E-state index contributed by atoms with van der Waals surface area (Å²) in [5.74, 6) is 3.84. The van der Waals surface area contributed by atoms with E-state index in [2.05, 4.69) is 43.8 Å². The highest BCUT2D eigenvalue weighted by atomic mass is 14.4. The van der Waals surface area contributed by atoms with Crippen molar-refractivity contribution >= 4 is 0 Å². The van der Waals surface area contributed by atoms with Crippen LogP contribution in [-0.4, -0.2) is 0 Å². The normalized spacial score (nSPS) is 30.7. The van der Waals surface area contributed by atoms with Crippen LogP contribution in [0.4, 0.5) is 0 Å². The molecule has 3 rings (SSSR count). The molecule has 23 heavy (non-hydrogen) atoms. The monoisotopic (exact) mass is 310 g/mol. The molecule has 0 bridgehead atoms. The maximum absolute atomic E-state index is 3.89. The molecule has 2 fully saturated rings. The molecule has 0 spiro atoms. The van der Waals surface area contributed by atoms with Crippen molar-refractivity contribution in [3.63, 3.8) is 0 Å². The first-order chi connectivity index (χ1) is 11.3. The fourth-order valence-corrected chi connectivity index (χ4v) is 5.15. The molecule has 1 aromatic carbocycles. The third-order valence-electron chi connectivity index (χ3n) is 6.49. The Morgan fingerprint density at radius 2 is 1.74 bits per heavy atom. The van der Waals surface area contributed by atoms with Crippen LogP contribution in [0.5, 0.6) is 0 Å². The highest BCUT2D eigenvalue weighted by Gasteiger charge is 2.35. The predicted octanol–water partition coefficient (Wildman–Crippen LogP) is 6.91. The summed E-state index contributed by atoms with van der Waals surface area (Å²) in [7, 11) is 0. The van der Waals surface area contributed by atoms with Gasteiger partial charge in [-0.1, -0.05) is 50.1 Å². The number of rotatable bonds is 6. The first-order valence-electron chi connectivity index (χ1n) is 9.99. The van der Waals surface area contributed by atoms with Gasteiger partial charge in [0.15, 0.2) is 0 Å². The Kier molecular flexibility index (Phi) is 5.97. The van der Waals surface area contributed by atoms with E-state index in [0.29, 0.717) is 0 Å². The second-order valence-electron chi connectivity index (χ2n) is 8.07. The number of allylic oxidation sites excluding steroid dienone is 1. The van der Waals surface area contributed by atoms with E-state index >= 15 is 0 Å². The summed E-state index contributed by atoms with van der Waals surface area (Å²) < 4.78 is 0. The van der Waals surface area contributed by atoms with Gasteiger partial charge in [0, 0.05) is 0 Å². The standard InChI is InChI=1S/C23H34/c1-3-5-7-19-10-13-23-17-22(15-14-21(23)16-19)20-11-8-18(6-4-2)9-12-20/h3,8-9,11-12,19,21-23H,1,4-7,10,13-17H2,2H3. The van der Waals surface area contributed by atoms with E-state index in [1.54, 1.807) is 5.56 Å². The van der Waals surface area contributed by atoms with E-state index in [-0.39, 0.29) is 0 Å². The molecule has 0 amide bonds. The van der Waals surface area contributed by atoms with Gasteiger partial charge in [-0.25, -0.2) is 0 Å². The number of hydrogen-bond donors (Lipinski definition) is 0. The van der Waals surface area contributed by atoms with Crippen molar-refractivity contribution in [2.75, 3.05) is 0 Å². The lowest BCUT2D eigenvalue weighted by atomic mass is 9.63. The van der Waals surface area contributed by atoms with E-state index in [1.165, 1.54) is 69.8 Å². The van der Waals surface area contributed by atoms with Crippen LogP contribution in [0.2, 0.25) is 0 Å². The molecule has 0 radical (unpaired) electrons. The molecule has 4 atom stereocenters. The summed E-state index contributed by atoms with van der Waals surface area (Å²) in [5.41, 5.74) is 3.12. The van der Waals surface area contributed by atoms with E-state index in [9.17, 15) is 0 Å². The quantitative estimate of drug-likeness (QED) is 0.501.